The van der Waals surface area contributed by atoms with E-state index in [1.165, 1.54) is 11.8 Å². The second-order valence-corrected chi connectivity index (χ2v) is 10.5. The topological polar surface area (TPSA) is 85.3 Å². The molecule has 2 saturated heterocycles. The summed E-state index contributed by atoms with van der Waals surface area (Å²) < 4.78 is 35.2. The van der Waals surface area contributed by atoms with Gasteiger partial charge in [-0.15, -0.1) is 0 Å². The van der Waals surface area contributed by atoms with E-state index in [2.05, 4.69) is 4.99 Å². The minimum Gasteiger partial charge on any atom is -0.497 e. The first kappa shape index (κ1) is 20.7. The third-order valence-electron chi connectivity index (χ3n) is 5.03. The van der Waals surface area contributed by atoms with Gasteiger partial charge in [-0.25, -0.2) is 8.42 Å². The van der Waals surface area contributed by atoms with Crippen LogP contribution in [0.5, 0.6) is 11.5 Å². The van der Waals surface area contributed by atoms with Gasteiger partial charge in [0.05, 0.1) is 24.7 Å². The van der Waals surface area contributed by atoms with Crippen molar-refractivity contribution in [2.24, 2.45) is 4.99 Å². The first-order valence-electron chi connectivity index (χ1n) is 9.51. The molecule has 0 N–H and O–H groups in total. The van der Waals surface area contributed by atoms with Crippen LogP contribution in [0.2, 0.25) is 0 Å². The van der Waals surface area contributed by atoms with Gasteiger partial charge < -0.3 is 14.4 Å². The lowest BCUT2D eigenvalue weighted by Gasteiger charge is -2.24. The van der Waals surface area contributed by atoms with E-state index in [9.17, 15) is 13.2 Å². The normalized spacial score (nSPS) is 24.5. The Labute approximate surface area is 180 Å². The Kier molecular flexibility index (Phi) is 5.75. The van der Waals surface area contributed by atoms with Crippen LogP contribution in [0.4, 0.5) is 5.69 Å². The number of sulfone groups is 1. The smallest absolute Gasteiger partial charge is 0.288 e. The molecular weight excluding hydrogens is 424 g/mol. The number of amidine groups is 1. The molecule has 4 rings (SSSR count). The molecule has 0 spiro atoms. The van der Waals surface area contributed by atoms with Crippen molar-refractivity contribution in [1.82, 2.24) is 0 Å². The van der Waals surface area contributed by atoms with Crippen molar-refractivity contribution >= 4 is 38.4 Å². The zero-order valence-corrected chi connectivity index (χ0v) is 18.2. The van der Waals surface area contributed by atoms with Gasteiger partial charge in [0.25, 0.3) is 5.91 Å². The fourth-order valence-electron chi connectivity index (χ4n) is 3.55. The Morgan fingerprint density at radius 1 is 1.10 bits per heavy atom. The predicted octanol–water partition coefficient (Wildman–Crippen LogP) is 2.76. The summed E-state index contributed by atoms with van der Waals surface area (Å²) in [6, 6.07) is 16.1. The first-order valence-corrected chi connectivity index (χ1v) is 12.2. The third-order valence-corrected chi connectivity index (χ3v) is 8.24. The summed E-state index contributed by atoms with van der Waals surface area (Å²) >= 11 is 1.34. The highest BCUT2D eigenvalue weighted by molar-refractivity contribution is 8.16. The first-order chi connectivity index (χ1) is 14.4. The van der Waals surface area contributed by atoms with E-state index in [4.69, 9.17) is 9.47 Å². The molecule has 3 atom stereocenters. The number of amides is 1. The summed E-state index contributed by atoms with van der Waals surface area (Å²) in [5.41, 5.74) is 0.774. The van der Waals surface area contributed by atoms with Crippen LogP contribution in [-0.2, 0) is 14.6 Å². The molecule has 0 radical (unpaired) electrons. The van der Waals surface area contributed by atoms with Crippen LogP contribution < -0.4 is 14.4 Å². The van der Waals surface area contributed by atoms with E-state index in [-0.39, 0.29) is 22.8 Å². The average Bonchev–Trinajstić information content (AvgIpc) is 3.19. The lowest BCUT2D eigenvalue weighted by Crippen LogP contribution is -2.38. The lowest BCUT2D eigenvalue weighted by molar-refractivity contribution is -0.123. The molecule has 0 saturated carbocycles. The summed E-state index contributed by atoms with van der Waals surface area (Å²) in [5.74, 6) is 0.994. The molecule has 2 aromatic rings. The monoisotopic (exact) mass is 446 g/mol. The summed E-state index contributed by atoms with van der Waals surface area (Å²) in [6.45, 7) is 1.65. The van der Waals surface area contributed by atoms with E-state index < -0.39 is 21.8 Å². The molecule has 7 nitrogen and oxygen atoms in total. The van der Waals surface area contributed by atoms with Gasteiger partial charge in [0.2, 0.25) is 0 Å². The summed E-state index contributed by atoms with van der Waals surface area (Å²) in [5, 5.41) is 0.340. The standard InChI is InChI=1S/C21H22N2O5S2/c1-14(28-17-6-4-3-5-7-17)20(24)22-21-23(15-8-10-16(27-2)11-9-15)18-12-30(25,26)13-19(18)29-21/h3-11,14,18-19H,12-13H2,1-2H3/t14-,18-,19+/m1/s1. The Balaban J connectivity index is 1.60. The number of carbonyl (C=O) groups is 1. The molecule has 2 aliphatic rings. The zero-order valence-electron chi connectivity index (χ0n) is 16.6. The molecule has 0 unspecified atom stereocenters. The highest BCUT2D eigenvalue weighted by Crippen LogP contribution is 2.41. The lowest BCUT2D eigenvalue weighted by atomic mass is 10.2. The van der Waals surface area contributed by atoms with Crippen LogP contribution in [0.1, 0.15) is 6.92 Å². The Morgan fingerprint density at radius 3 is 2.47 bits per heavy atom. The number of carbonyl (C=O) groups excluding carboxylic acids is 1. The predicted molar refractivity (Wildman–Crippen MR) is 118 cm³/mol. The third kappa shape index (κ3) is 4.32. The van der Waals surface area contributed by atoms with Gasteiger partial charge in [-0.1, -0.05) is 30.0 Å². The zero-order chi connectivity index (χ0) is 21.3. The van der Waals surface area contributed by atoms with Gasteiger partial charge in [0.15, 0.2) is 21.1 Å². The van der Waals surface area contributed by atoms with Gasteiger partial charge in [0, 0.05) is 10.9 Å². The number of thioether (sulfide) groups is 1. The molecule has 1 amide bonds. The maximum atomic E-state index is 12.7. The Morgan fingerprint density at radius 2 is 1.80 bits per heavy atom. The molecule has 158 valence electrons. The van der Waals surface area contributed by atoms with Crippen LogP contribution in [0, 0.1) is 0 Å². The molecule has 0 aliphatic carbocycles. The van der Waals surface area contributed by atoms with Crippen molar-refractivity contribution in [3.05, 3.63) is 54.6 Å². The van der Waals surface area contributed by atoms with Crippen molar-refractivity contribution in [3.63, 3.8) is 0 Å². The van der Waals surface area contributed by atoms with Crippen LogP contribution in [0.3, 0.4) is 0 Å². The molecule has 30 heavy (non-hydrogen) atoms. The SMILES string of the molecule is COc1ccc(N2C(=NC(=O)[C@@H](C)Oc3ccccc3)S[C@H]3CS(=O)(=O)C[C@H]32)cc1. The minimum atomic E-state index is -3.12. The summed E-state index contributed by atoms with van der Waals surface area (Å²) in [4.78, 5) is 18.9. The number of hydrogen-bond donors (Lipinski definition) is 0. The molecule has 0 bridgehead atoms. The number of benzene rings is 2. The van der Waals surface area contributed by atoms with E-state index in [0.717, 1.165) is 5.69 Å². The van der Waals surface area contributed by atoms with Gasteiger partial charge in [-0.3, -0.25) is 4.79 Å². The number of methoxy groups -OCH3 is 1. The number of anilines is 1. The Bertz CT molecular complexity index is 1050. The summed E-state index contributed by atoms with van der Waals surface area (Å²) in [6.07, 6.45) is -0.762. The fraction of sp³-hybridized carbons (Fsp3) is 0.333. The van der Waals surface area contributed by atoms with Gasteiger partial charge in [-0.05, 0) is 43.3 Å². The number of hydrogen-bond acceptors (Lipinski definition) is 6. The van der Waals surface area contributed by atoms with Crippen molar-refractivity contribution in [1.29, 1.82) is 0 Å². The number of nitrogens with zero attached hydrogens (tertiary/aromatic N) is 2. The molecule has 2 aromatic carbocycles. The molecule has 2 aliphatic heterocycles. The van der Waals surface area contributed by atoms with Crippen molar-refractivity contribution in [3.8, 4) is 11.5 Å². The van der Waals surface area contributed by atoms with E-state index in [0.29, 0.717) is 16.7 Å². The van der Waals surface area contributed by atoms with Gasteiger partial charge >= 0.3 is 0 Å². The van der Waals surface area contributed by atoms with Crippen molar-refractivity contribution < 1.29 is 22.7 Å². The van der Waals surface area contributed by atoms with Crippen LogP contribution >= 0.6 is 11.8 Å². The molecular formula is C21H22N2O5S2. The number of ether oxygens (including phenoxy) is 2. The number of fused-ring (bicyclic) bond motifs is 1. The van der Waals surface area contributed by atoms with Crippen molar-refractivity contribution in [2.75, 3.05) is 23.5 Å². The number of aliphatic imine (C=N–C) groups is 1. The van der Waals surface area contributed by atoms with Crippen LogP contribution in [-0.4, -0.2) is 55.5 Å². The number of rotatable bonds is 5. The average molecular weight is 447 g/mol. The van der Waals surface area contributed by atoms with Crippen LogP contribution in [0.15, 0.2) is 59.6 Å². The van der Waals surface area contributed by atoms with Crippen LogP contribution in [0.25, 0.3) is 0 Å². The van der Waals surface area contributed by atoms with Crippen molar-refractivity contribution in [2.45, 2.75) is 24.3 Å². The molecule has 0 aromatic heterocycles. The maximum absolute atomic E-state index is 12.7. The second kappa shape index (κ2) is 8.31. The Hall–Kier alpha value is -2.52. The summed E-state index contributed by atoms with van der Waals surface area (Å²) in [7, 11) is -1.54. The molecule has 2 fully saturated rings. The molecule has 2 heterocycles. The fourth-order valence-corrected chi connectivity index (χ4v) is 7.47. The minimum absolute atomic E-state index is 0.0416. The molecule has 9 heteroatoms. The quantitative estimate of drug-likeness (QED) is 0.698. The van der Waals surface area contributed by atoms with E-state index >= 15 is 0 Å². The number of para-hydroxylation sites is 1. The van der Waals surface area contributed by atoms with E-state index in [1.807, 2.05) is 35.2 Å². The second-order valence-electron chi connectivity index (χ2n) is 7.17. The highest BCUT2D eigenvalue weighted by atomic mass is 32.2. The highest BCUT2D eigenvalue weighted by Gasteiger charge is 2.49. The van der Waals surface area contributed by atoms with E-state index in [1.54, 1.807) is 38.3 Å². The largest absolute Gasteiger partial charge is 0.497 e. The van der Waals surface area contributed by atoms with Gasteiger partial charge in [-0.2, -0.15) is 4.99 Å². The van der Waals surface area contributed by atoms with Gasteiger partial charge in [0.1, 0.15) is 11.5 Å². The maximum Gasteiger partial charge on any atom is 0.288 e.